The Balaban J connectivity index is 2.17. The van der Waals surface area contributed by atoms with E-state index in [1.807, 2.05) is 6.92 Å². The maximum Gasteiger partial charge on any atom is 0.337 e. The van der Waals surface area contributed by atoms with E-state index in [2.05, 4.69) is 10.3 Å². The molecular formula is C12H13N3O2S. The van der Waals surface area contributed by atoms with Crippen LogP contribution in [0, 0.1) is 6.92 Å². The Kier molecular flexibility index (Phi) is 3.47. The molecule has 1 heterocycles. The maximum atomic E-state index is 11.1. The number of aryl methyl sites for hydroxylation is 1. The second kappa shape index (κ2) is 5.05. The lowest BCUT2D eigenvalue weighted by Gasteiger charge is -2.09. The Labute approximate surface area is 108 Å². The fourth-order valence-corrected chi connectivity index (χ4v) is 2.28. The summed E-state index contributed by atoms with van der Waals surface area (Å²) in [6.07, 6.45) is 1.79. The molecular weight excluding hydrogens is 250 g/mol. The van der Waals surface area contributed by atoms with Crippen LogP contribution in [0.4, 0.5) is 11.4 Å². The number of carboxylic acid groups (broad SMARTS) is 1. The van der Waals surface area contributed by atoms with Gasteiger partial charge in [-0.2, -0.15) is 0 Å². The Morgan fingerprint density at radius 1 is 1.56 bits per heavy atom. The Morgan fingerprint density at radius 3 is 2.94 bits per heavy atom. The first-order valence-corrected chi connectivity index (χ1v) is 6.16. The first-order valence-electron chi connectivity index (χ1n) is 5.34. The SMILES string of the molecule is Cc1cnc(CNc2cc(N)ccc2C(=O)O)s1. The highest BCUT2D eigenvalue weighted by Gasteiger charge is 2.10. The summed E-state index contributed by atoms with van der Waals surface area (Å²) in [4.78, 5) is 16.4. The second-order valence-electron chi connectivity index (χ2n) is 3.83. The van der Waals surface area contributed by atoms with Gasteiger partial charge >= 0.3 is 5.97 Å². The van der Waals surface area contributed by atoms with Gasteiger partial charge in [0.25, 0.3) is 0 Å². The summed E-state index contributed by atoms with van der Waals surface area (Å²) >= 11 is 1.57. The van der Waals surface area contributed by atoms with Crippen molar-refractivity contribution in [3.8, 4) is 0 Å². The third-order valence-electron chi connectivity index (χ3n) is 2.37. The molecule has 0 saturated heterocycles. The monoisotopic (exact) mass is 263 g/mol. The minimum Gasteiger partial charge on any atom is -0.478 e. The topological polar surface area (TPSA) is 88.2 Å². The molecule has 0 unspecified atom stereocenters. The molecule has 0 atom stereocenters. The normalized spacial score (nSPS) is 10.3. The van der Waals surface area contributed by atoms with Crippen LogP contribution in [0.5, 0.6) is 0 Å². The summed E-state index contributed by atoms with van der Waals surface area (Å²) in [5.74, 6) is -0.979. The zero-order chi connectivity index (χ0) is 13.1. The molecule has 0 spiro atoms. The number of anilines is 2. The molecule has 94 valence electrons. The molecule has 5 nitrogen and oxygen atoms in total. The molecule has 4 N–H and O–H groups in total. The lowest BCUT2D eigenvalue weighted by atomic mass is 10.1. The molecule has 0 radical (unpaired) electrons. The lowest BCUT2D eigenvalue weighted by molar-refractivity contribution is 0.0698. The van der Waals surface area contributed by atoms with Gasteiger partial charge in [0.2, 0.25) is 0 Å². The minimum atomic E-state index is -0.979. The molecule has 0 aliphatic heterocycles. The van der Waals surface area contributed by atoms with Crippen LogP contribution in [-0.2, 0) is 6.54 Å². The fourth-order valence-electron chi connectivity index (χ4n) is 1.55. The molecule has 1 aromatic carbocycles. The van der Waals surface area contributed by atoms with Crippen molar-refractivity contribution in [3.05, 3.63) is 39.8 Å². The van der Waals surface area contributed by atoms with E-state index in [-0.39, 0.29) is 5.56 Å². The smallest absolute Gasteiger partial charge is 0.337 e. The van der Waals surface area contributed by atoms with Gasteiger partial charge < -0.3 is 16.2 Å². The van der Waals surface area contributed by atoms with E-state index in [0.717, 1.165) is 9.88 Å². The maximum absolute atomic E-state index is 11.1. The van der Waals surface area contributed by atoms with Crippen molar-refractivity contribution in [3.63, 3.8) is 0 Å². The molecule has 0 amide bonds. The third-order valence-corrected chi connectivity index (χ3v) is 3.29. The molecule has 2 aromatic rings. The van der Waals surface area contributed by atoms with Crippen LogP contribution in [0.2, 0.25) is 0 Å². The van der Waals surface area contributed by atoms with Crippen LogP contribution in [0.3, 0.4) is 0 Å². The average molecular weight is 263 g/mol. The fraction of sp³-hybridized carbons (Fsp3) is 0.167. The summed E-state index contributed by atoms with van der Waals surface area (Å²) in [5.41, 5.74) is 6.90. The van der Waals surface area contributed by atoms with Gasteiger partial charge in [0.05, 0.1) is 17.8 Å². The minimum absolute atomic E-state index is 0.206. The first kappa shape index (κ1) is 12.4. The van der Waals surface area contributed by atoms with Gasteiger partial charge in [-0.25, -0.2) is 9.78 Å². The second-order valence-corrected chi connectivity index (χ2v) is 5.15. The summed E-state index contributed by atoms with van der Waals surface area (Å²) in [6, 6.07) is 4.68. The molecule has 0 aliphatic rings. The average Bonchev–Trinajstić information content (AvgIpc) is 2.72. The summed E-state index contributed by atoms with van der Waals surface area (Å²) in [5, 5.41) is 13.0. The number of aromatic nitrogens is 1. The summed E-state index contributed by atoms with van der Waals surface area (Å²) in [6.45, 7) is 2.46. The third kappa shape index (κ3) is 2.78. The van der Waals surface area contributed by atoms with Gasteiger partial charge in [0, 0.05) is 16.8 Å². The van der Waals surface area contributed by atoms with Gasteiger partial charge in [-0.15, -0.1) is 11.3 Å². The number of benzene rings is 1. The molecule has 2 rings (SSSR count). The standard InChI is InChI=1S/C12H13N3O2S/c1-7-5-15-11(18-7)6-14-10-4-8(13)2-3-9(10)12(16)17/h2-5,14H,6,13H2,1H3,(H,16,17). The van der Waals surface area contributed by atoms with E-state index in [0.29, 0.717) is 17.9 Å². The quantitative estimate of drug-likeness (QED) is 0.737. The highest BCUT2D eigenvalue weighted by Crippen LogP contribution is 2.21. The molecule has 18 heavy (non-hydrogen) atoms. The van der Waals surface area contributed by atoms with Crippen molar-refractivity contribution in [2.24, 2.45) is 0 Å². The van der Waals surface area contributed by atoms with Gasteiger partial charge in [-0.1, -0.05) is 0 Å². The predicted molar refractivity (Wildman–Crippen MR) is 72.0 cm³/mol. The van der Waals surface area contributed by atoms with Gasteiger partial charge in [0.1, 0.15) is 5.01 Å². The van der Waals surface area contributed by atoms with Crippen molar-refractivity contribution in [2.75, 3.05) is 11.1 Å². The zero-order valence-corrected chi connectivity index (χ0v) is 10.6. The number of nitrogen functional groups attached to an aromatic ring is 1. The molecule has 0 bridgehead atoms. The van der Waals surface area contributed by atoms with E-state index in [9.17, 15) is 4.79 Å². The Morgan fingerprint density at radius 2 is 2.33 bits per heavy atom. The molecule has 0 aliphatic carbocycles. The summed E-state index contributed by atoms with van der Waals surface area (Å²) in [7, 11) is 0. The van der Waals surface area contributed by atoms with E-state index in [1.165, 1.54) is 6.07 Å². The number of aromatic carboxylic acids is 1. The highest BCUT2D eigenvalue weighted by atomic mass is 32.1. The van der Waals surface area contributed by atoms with Crippen LogP contribution < -0.4 is 11.1 Å². The molecule has 0 saturated carbocycles. The van der Waals surface area contributed by atoms with E-state index < -0.39 is 5.97 Å². The van der Waals surface area contributed by atoms with E-state index in [4.69, 9.17) is 10.8 Å². The van der Waals surface area contributed by atoms with Crippen LogP contribution in [0.1, 0.15) is 20.2 Å². The number of carbonyl (C=O) groups is 1. The largest absolute Gasteiger partial charge is 0.478 e. The van der Waals surface area contributed by atoms with Crippen LogP contribution in [-0.4, -0.2) is 16.1 Å². The number of nitrogens with two attached hydrogens (primary N) is 1. The summed E-state index contributed by atoms with van der Waals surface area (Å²) < 4.78 is 0. The number of nitrogens with zero attached hydrogens (tertiary/aromatic N) is 1. The van der Waals surface area contributed by atoms with Gasteiger partial charge in [0.15, 0.2) is 0 Å². The van der Waals surface area contributed by atoms with Crippen molar-refractivity contribution in [1.82, 2.24) is 4.98 Å². The number of thiazole rings is 1. The molecule has 1 aromatic heterocycles. The highest BCUT2D eigenvalue weighted by molar-refractivity contribution is 7.11. The number of nitrogens with one attached hydrogen (secondary N) is 1. The van der Waals surface area contributed by atoms with Crippen LogP contribution >= 0.6 is 11.3 Å². The van der Waals surface area contributed by atoms with E-state index in [1.54, 1.807) is 29.7 Å². The Bertz CT molecular complexity index is 580. The van der Waals surface area contributed by atoms with Crippen LogP contribution in [0.15, 0.2) is 24.4 Å². The number of rotatable bonds is 4. The van der Waals surface area contributed by atoms with Gasteiger partial charge in [-0.3, -0.25) is 0 Å². The first-order chi connectivity index (χ1) is 8.56. The predicted octanol–water partition coefficient (Wildman–Crippen LogP) is 2.34. The molecule has 0 fully saturated rings. The Hall–Kier alpha value is -2.08. The number of hydrogen-bond acceptors (Lipinski definition) is 5. The van der Waals surface area contributed by atoms with Crippen molar-refractivity contribution < 1.29 is 9.90 Å². The van der Waals surface area contributed by atoms with Crippen molar-refractivity contribution >= 4 is 28.7 Å². The lowest BCUT2D eigenvalue weighted by Crippen LogP contribution is -2.06. The molecule has 6 heteroatoms. The van der Waals surface area contributed by atoms with Gasteiger partial charge in [-0.05, 0) is 25.1 Å². The van der Waals surface area contributed by atoms with Crippen molar-refractivity contribution in [2.45, 2.75) is 13.5 Å². The van der Waals surface area contributed by atoms with Crippen LogP contribution in [0.25, 0.3) is 0 Å². The van der Waals surface area contributed by atoms with Crippen molar-refractivity contribution in [1.29, 1.82) is 0 Å². The number of hydrogen-bond donors (Lipinski definition) is 3. The number of carboxylic acids is 1. The zero-order valence-electron chi connectivity index (χ0n) is 9.80. The van der Waals surface area contributed by atoms with E-state index >= 15 is 0 Å².